The molecule has 1 saturated heterocycles. The molecule has 1 rings (SSSR count). The second-order valence-corrected chi connectivity index (χ2v) is 6.33. The lowest BCUT2D eigenvalue weighted by Crippen LogP contribution is -2.45. The first-order valence-corrected chi connectivity index (χ1v) is 6.75. The van der Waals surface area contributed by atoms with Gasteiger partial charge in [0.2, 0.25) is 0 Å². The number of carbonyl (C=O) groups excluding carboxylic acids is 2. The van der Waals surface area contributed by atoms with Crippen LogP contribution in [0.3, 0.4) is 0 Å². The predicted octanol–water partition coefficient (Wildman–Crippen LogP) is 2.44. The molecule has 0 radical (unpaired) electrons. The molecule has 0 unspecified atom stereocenters. The van der Waals surface area contributed by atoms with E-state index < -0.39 is 5.60 Å². The van der Waals surface area contributed by atoms with Crippen LogP contribution in [0.1, 0.15) is 41.0 Å². The molecule has 1 heterocycles. The molecule has 5 nitrogen and oxygen atoms in total. The molecule has 1 fully saturated rings. The zero-order valence-electron chi connectivity index (χ0n) is 12.7. The van der Waals surface area contributed by atoms with Crippen molar-refractivity contribution in [1.82, 2.24) is 4.90 Å². The number of hydrogen-bond acceptors (Lipinski definition) is 4. The van der Waals surface area contributed by atoms with Crippen LogP contribution in [0.2, 0.25) is 0 Å². The van der Waals surface area contributed by atoms with Gasteiger partial charge in [-0.05, 0) is 33.1 Å². The van der Waals surface area contributed by atoms with Crippen molar-refractivity contribution in [2.45, 2.75) is 52.7 Å². The quantitative estimate of drug-likeness (QED) is 0.724. The monoisotopic (exact) mass is 271 g/mol. The second-order valence-electron chi connectivity index (χ2n) is 6.33. The number of amides is 1. The van der Waals surface area contributed by atoms with E-state index in [0.29, 0.717) is 13.0 Å². The SMILES string of the molecule is COC(=O)[C@H]1CCN(C(=O)OC(C)(C)C)[C@H]1C(C)C. The van der Waals surface area contributed by atoms with E-state index in [1.54, 1.807) is 4.90 Å². The van der Waals surface area contributed by atoms with Crippen LogP contribution in [-0.2, 0) is 14.3 Å². The first kappa shape index (κ1) is 15.8. The normalized spacial score (nSPS) is 23.6. The largest absolute Gasteiger partial charge is 0.469 e. The Morgan fingerprint density at radius 3 is 2.26 bits per heavy atom. The predicted molar refractivity (Wildman–Crippen MR) is 71.7 cm³/mol. The van der Waals surface area contributed by atoms with Gasteiger partial charge in [-0.25, -0.2) is 4.79 Å². The van der Waals surface area contributed by atoms with E-state index in [1.807, 2.05) is 34.6 Å². The maximum Gasteiger partial charge on any atom is 0.410 e. The van der Waals surface area contributed by atoms with E-state index in [2.05, 4.69) is 0 Å². The lowest BCUT2D eigenvalue weighted by atomic mass is 9.91. The van der Waals surface area contributed by atoms with Gasteiger partial charge in [-0.3, -0.25) is 4.79 Å². The molecule has 0 aromatic heterocycles. The fourth-order valence-corrected chi connectivity index (χ4v) is 2.58. The molecule has 0 bridgehead atoms. The van der Waals surface area contributed by atoms with Gasteiger partial charge in [-0.15, -0.1) is 0 Å². The molecule has 19 heavy (non-hydrogen) atoms. The van der Waals surface area contributed by atoms with Crippen molar-refractivity contribution in [3.8, 4) is 0 Å². The van der Waals surface area contributed by atoms with Gasteiger partial charge in [-0.1, -0.05) is 13.8 Å². The van der Waals surface area contributed by atoms with Crippen LogP contribution in [-0.4, -0.2) is 42.3 Å². The molecule has 110 valence electrons. The first-order chi connectivity index (χ1) is 8.67. The molecule has 0 N–H and O–H groups in total. The van der Waals surface area contributed by atoms with Gasteiger partial charge < -0.3 is 14.4 Å². The molecular formula is C14H25NO4. The third kappa shape index (κ3) is 3.85. The summed E-state index contributed by atoms with van der Waals surface area (Å²) in [5, 5.41) is 0. The van der Waals surface area contributed by atoms with Crippen LogP contribution >= 0.6 is 0 Å². The lowest BCUT2D eigenvalue weighted by molar-refractivity contribution is -0.146. The summed E-state index contributed by atoms with van der Waals surface area (Å²) >= 11 is 0. The van der Waals surface area contributed by atoms with Gasteiger partial charge >= 0.3 is 12.1 Å². The number of carbonyl (C=O) groups is 2. The average Bonchev–Trinajstić information content (AvgIpc) is 2.70. The molecule has 2 atom stereocenters. The summed E-state index contributed by atoms with van der Waals surface area (Å²) in [4.78, 5) is 25.6. The summed E-state index contributed by atoms with van der Waals surface area (Å²) in [7, 11) is 1.38. The number of hydrogen-bond donors (Lipinski definition) is 0. The van der Waals surface area contributed by atoms with E-state index in [4.69, 9.17) is 9.47 Å². The molecule has 0 saturated carbocycles. The summed E-state index contributed by atoms with van der Waals surface area (Å²) < 4.78 is 10.2. The maximum atomic E-state index is 12.2. The Labute approximate surface area is 115 Å². The van der Waals surface area contributed by atoms with Gasteiger partial charge in [0.25, 0.3) is 0 Å². The van der Waals surface area contributed by atoms with Crippen LogP contribution in [0.15, 0.2) is 0 Å². The van der Waals surface area contributed by atoms with E-state index in [1.165, 1.54) is 7.11 Å². The molecule has 0 aromatic rings. The van der Waals surface area contributed by atoms with Crippen molar-refractivity contribution in [2.24, 2.45) is 11.8 Å². The highest BCUT2D eigenvalue weighted by Crippen LogP contribution is 2.31. The molecule has 0 spiro atoms. The van der Waals surface area contributed by atoms with Crippen LogP contribution in [0.4, 0.5) is 4.79 Å². The van der Waals surface area contributed by atoms with Crippen molar-refractivity contribution in [3.63, 3.8) is 0 Å². The number of ether oxygens (including phenoxy) is 2. The Morgan fingerprint density at radius 2 is 1.84 bits per heavy atom. The molecular weight excluding hydrogens is 246 g/mol. The fourth-order valence-electron chi connectivity index (χ4n) is 2.58. The third-order valence-corrected chi connectivity index (χ3v) is 3.27. The first-order valence-electron chi connectivity index (χ1n) is 6.75. The highest BCUT2D eigenvalue weighted by molar-refractivity contribution is 5.76. The minimum absolute atomic E-state index is 0.151. The van der Waals surface area contributed by atoms with Crippen molar-refractivity contribution >= 4 is 12.1 Å². The second kappa shape index (κ2) is 5.80. The minimum atomic E-state index is -0.526. The summed E-state index contributed by atoms with van der Waals surface area (Å²) in [6.45, 7) is 10.1. The van der Waals surface area contributed by atoms with E-state index in [-0.39, 0.29) is 29.9 Å². The van der Waals surface area contributed by atoms with E-state index in [9.17, 15) is 9.59 Å². The zero-order valence-corrected chi connectivity index (χ0v) is 12.7. The maximum absolute atomic E-state index is 12.2. The summed E-state index contributed by atoms with van der Waals surface area (Å²) in [6.07, 6.45) is 0.284. The Morgan fingerprint density at radius 1 is 1.26 bits per heavy atom. The lowest BCUT2D eigenvalue weighted by Gasteiger charge is -2.32. The van der Waals surface area contributed by atoms with Crippen LogP contribution in [0.25, 0.3) is 0 Å². The van der Waals surface area contributed by atoms with E-state index >= 15 is 0 Å². The zero-order chi connectivity index (χ0) is 14.8. The smallest absolute Gasteiger partial charge is 0.410 e. The van der Waals surface area contributed by atoms with Gasteiger partial charge in [0.05, 0.1) is 19.1 Å². The van der Waals surface area contributed by atoms with Crippen molar-refractivity contribution in [3.05, 3.63) is 0 Å². The van der Waals surface area contributed by atoms with E-state index in [0.717, 1.165) is 0 Å². The number of nitrogens with zero attached hydrogens (tertiary/aromatic N) is 1. The molecule has 1 aliphatic rings. The van der Waals surface area contributed by atoms with Gasteiger partial charge in [0.1, 0.15) is 5.60 Å². The molecule has 0 aromatic carbocycles. The highest BCUT2D eigenvalue weighted by atomic mass is 16.6. The van der Waals surface area contributed by atoms with Crippen LogP contribution < -0.4 is 0 Å². The molecule has 1 amide bonds. The third-order valence-electron chi connectivity index (χ3n) is 3.27. The molecule has 0 aliphatic carbocycles. The van der Waals surface area contributed by atoms with Crippen molar-refractivity contribution in [2.75, 3.05) is 13.7 Å². The van der Waals surface area contributed by atoms with Crippen molar-refractivity contribution in [1.29, 1.82) is 0 Å². The number of rotatable bonds is 2. The van der Waals surface area contributed by atoms with Crippen LogP contribution in [0, 0.1) is 11.8 Å². The Kier molecular flexibility index (Phi) is 4.82. The average molecular weight is 271 g/mol. The highest BCUT2D eigenvalue weighted by Gasteiger charge is 2.44. The molecule has 1 aliphatic heterocycles. The Hall–Kier alpha value is -1.26. The summed E-state index contributed by atoms with van der Waals surface area (Å²) in [6, 6.07) is -0.151. The van der Waals surface area contributed by atoms with Crippen molar-refractivity contribution < 1.29 is 19.1 Å². The number of methoxy groups -OCH3 is 1. The summed E-state index contributed by atoms with van der Waals surface area (Å²) in [5.41, 5.74) is -0.526. The molecule has 5 heteroatoms. The Balaban J connectivity index is 2.84. The van der Waals surface area contributed by atoms with Gasteiger partial charge in [0.15, 0.2) is 0 Å². The van der Waals surface area contributed by atoms with Crippen LogP contribution in [0.5, 0.6) is 0 Å². The standard InChI is InChI=1S/C14H25NO4/c1-9(2)11-10(12(16)18-6)7-8-15(11)13(17)19-14(3,4)5/h9-11H,7-8H2,1-6H3/t10-,11-/m0/s1. The number of esters is 1. The summed E-state index contributed by atoms with van der Waals surface area (Å²) in [5.74, 6) is -0.318. The van der Waals surface area contributed by atoms with Gasteiger partial charge in [-0.2, -0.15) is 0 Å². The topological polar surface area (TPSA) is 55.8 Å². The minimum Gasteiger partial charge on any atom is -0.469 e. The van der Waals surface area contributed by atoms with Gasteiger partial charge in [0, 0.05) is 6.54 Å². The number of likely N-dealkylation sites (tertiary alicyclic amines) is 1. The Bertz CT molecular complexity index is 346. The fraction of sp³-hybridized carbons (Fsp3) is 0.857.